The van der Waals surface area contributed by atoms with E-state index in [2.05, 4.69) is 0 Å². The highest BCUT2D eigenvalue weighted by Crippen LogP contribution is 2.25. The van der Waals surface area contributed by atoms with Gasteiger partial charge in [0.2, 0.25) is 0 Å². The predicted molar refractivity (Wildman–Crippen MR) is 86.5 cm³/mol. The fraction of sp³-hybridized carbons (Fsp3) is 0.200. The summed E-state index contributed by atoms with van der Waals surface area (Å²) in [4.78, 5) is 25.0. The Hall–Kier alpha value is -2.13. The van der Waals surface area contributed by atoms with Crippen LogP contribution in [0.2, 0.25) is 0 Å². The zero-order valence-corrected chi connectivity index (χ0v) is 13.8. The Labute approximate surface area is 143 Å². The quantitative estimate of drug-likeness (QED) is 0.620. The van der Waals surface area contributed by atoms with Crippen LogP contribution in [0.4, 0.5) is 13.2 Å². The number of alkyl halides is 3. The molecule has 0 aliphatic heterocycles. The molecule has 128 valence electrons. The zero-order valence-electron chi connectivity index (χ0n) is 12.1. The highest BCUT2D eigenvalue weighted by atomic mass is 32.1. The van der Waals surface area contributed by atoms with Gasteiger partial charge in [-0.3, -0.25) is 4.79 Å². The maximum absolute atomic E-state index is 12.2. The van der Waals surface area contributed by atoms with Crippen LogP contribution in [0.5, 0.6) is 0 Å². The number of rotatable bonds is 6. The van der Waals surface area contributed by atoms with Gasteiger partial charge in [-0.15, -0.1) is 22.7 Å². The van der Waals surface area contributed by atoms with Crippen LogP contribution in [0.15, 0.2) is 35.0 Å². The number of thiophene rings is 2. The fourth-order valence-electron chi connectivity index (χ4n) is 1.64. The Morgan fingerprint density at radius 3 is 2.46 bits per heavy atom. The van der Waals surface area contributed by atoms with Crippen LogP contribution in [-0.4, -0.2) is 31.2 Å². The van der Waals surface area contributed by atoms with E-state index < -0.39 is 31.2 Å². The van der Waals surface area contributed by atoms with Gasteiger partial charge in [-0.2, -0.15) is 13.2 Å². The number of ether oxygens (including phenoxy) is 1. The molecular formula is C15H12F3NO3S2. The van der Waals surface area contributed by atoms with Crippen molar-refractivity contribution in [3.05, 3.63) is 44.8 Å². The summed E-state index contributed by atoms with van der Waals surface area (Å²) in [6.07, 6.45) is -2.90. The van der Waals surface area contributed by atoms with E-state index in [-0.39, 0.29) is 5.57 Å². The maximum Gasteiger partial charge on any atom is 0.405 e. The third kappa shape index (κ3) is 5.82. The van der Waals surface area contributed by atoms with Gasteiger partial charge >= 0.3 is 12.1 Å². The van der Waals surface area contributed by atoms with E-state index in [1.165, 1.54) is 22.7 Å². The molecular weight excluding hydrogens is 363 g/mol. The first-order chi connectivity index (χ1) is 11.3. The molecule has 0 aliphatic carbocycles. The summed E-state index contributed by atoms with van der Waals surface area (Å²) in [6, 6.07) is 7.10. The van der Waals surface area contributed by atoms with Crippen molar-refractivity contribution < 1.29 is 27.5 Å². The molecule has 0 spiro atoms. The molecule has 0 aromatic carbocycles. The van der Waals surface area contributed by atoms with Crippen molar-refractivity contribution in [1.82, 2.24) is 5.32 Å². The van der Waals surface area contributed by atoms with Crippen molar-refractivity contribution in [3.63, 3.8) is 0 Å². The smallest absolute Gasteiger partial charge is 0.405 e. The Kier molecular flexibility index (Phi) is 6.16. The lowest BCUT2D eigenvalue weighted by molar-refractivity contribution is -0.147. The average molecular weight is 375 g/mol. The molecule has 0 aliphatic rings. The van der Waals surface area contributed by atoms with Crippen molar-refractivity contribution in [1.29, 1.82) is 0 Å². The lowest BCUT2D eigenvalue weighted by Gasteiger charge is -2.09. The van der Waals surface area contributed by atoms with Crippen molar-refractivity contribution in [3.8, 4) is 0 Å². The number of carbonyl (C=O) groups excluding carboxylic acids is 2. The number of hydrogen-bond donors (Lipinski definition) is 1. The Balaban J connectivity index is 2.00. The number of nitrogens with one attached hydrogen (secondary N) is 1. The third-order valence-corrected chi connectivity index (χ3v) is 4.38. The van der Waals surface area contributed by atoms with Crippen LogP contribution < -0.4 is 5.32 Å². The molecule has 0 saturated heterocycles. The van der Waals surface area contributed by atoms with Gasteiger partial charge in [0.25, 0.3) is 5.91 Å². The van der Waals surface area contributed by atoms with E-state index in [4.69, 9.17) is 4.74 Å². The Bertz CT molecular complexity index is 707. The number of carbonyl (C=O) groups is 2. The molecule has 0 fully saturated rings. The second-order valence-corrected chi connectivity index (χ2v) is 6.45. The van der Waals surface area contributed by atoms with Gasteiger partial charge in [0.1, 0.15) is 6.54 Å². The highest BCUT2D eigenvalue weighted by molar-refractivity contribution is 7.12. The molecule has 4 nitrogen and oxygen atoms in total. The standard InChI is InChI=1S/C15H12F3NO3S2/c16-15(17,18)9-19-13(20)8-22-14(21)11(12-4-2-6-24-12)7-10-3-1-5-23-10/h1-7H,8-9H2,(H,19,20)/b11-7+. The summed E-state index contributed by atoms with van der Waals surface area (Å²) in [7, 11) is 0. The molecule has 9 heteroatoms. The Morgan fingerprint density at radius 2 is 1.88 bits per heavy atom. The number of esters is 1. The monoisotopic (exact) mass is 375 g/mol. The molecule has 2 aromatic rings. The molecule has 0 atom stereocenters. The van der Waals surface area contributed by atoms with Crippen LogP contribution in [-0.2, 0) is 14.3 Å². The van der Waals surface area contributed by atoms with Gasteiger partial charge in [-0.25, -0.2) is 4.79 Å². The largest absolute Gasteiger partial charge is 0.452 e. The van der Waals surface area contributed by atoms with Crippen LogP contribution >= 0.6 is 22.7 Å². The van der Waals surface area contributed by atoms with Crippen LogP contribution in [0, 0.1) is 0 Å². The molecule has 2 aromatic heterocycles. The van der Waals surface area contributed by atoms with Crippen LogP contribution in [0.1, 0.15) is 9.75 Å². The van der Waals surface area contributed by atoms with Crippen LogP contribution in [0.25, 0.3) is 11.6 Å². The summed E-state index contributed by atoms with van der Waals surface area (Å²) in [5.74, 6) is -1.78. The molecule has 0 radical (unpaired) electrons. The summed E-state index contributed by atoms with van der Waals surface area (Å²) in [5, 5.41) is 5.26. The molecule has 1 amide bonds. The van der Waals surface area contributed by atoms with Gasteiger partial charge in [-0.1, -0.05) is 12.1 Å². The third-order valence-electron chi connectivity index (χ3n) is 2.66. The molecule has 1 N–H and O–H groups in total. The number of halogens is 3. The second kappa shape index (κ2) is 8.11. The minimum Gasteiger partial charge on any atom is -0.452 e. The first kappa shape index (κ1) is 18.2. The topological polar surface area (TPSA) is 55.4 Å². The van der Waals surface area contributed by atoms with Crippen molar-refractivity contribution in [2.24, 2.45) is 0 Å². The van der Waals surface area contributed by atoms with Gasteiger partial charge in [0.05, 0.1) is 5.57 Å². The minimum atomic E-state index is -4.51. The zero-order chi connectivity index (χ0) is 17.6. The van der Waals surface area contributed by atoms with E-state index in [0.717, 1.165) is 4.88 Å². The maximum atomic E-state index is 12.2. The van der Waals surface area contributed by atoms with Crippen molar-refractivity contribution >= 4 is 46.2 Å². The number of hydrogen-bond acceptors (Lipinski definition) is 5. The van der Waals surface area contributed by atoms with E-state index in [9.17, 15) is 22.8 Å². The molecule has 0 unspecified atom stereocenters. The summed E-state index contributed by atoms with van der Waals surface area (Å²) in [5.41, 5.74) is 0.246. The molecule has 0 bridgehead atoms. The molecule has 2 heterocycles. The molecule has 0 saturated carbocycles. The summed E-state index contributed by atoms with van der Waals surface area (Å²) in [6.45, 7) is -2.24. The van der Waals surface area contributed by atoms with Crippen molar-refractivity contribution in [2.75, 3.05) is 13.2 Å². The van der Waals surface area contributed by atoms with Gasteiger partial charge < -0.3 is 10.1 Å². The normalized spacial score (nSPS) is 12.0. The average Bonchev–Trinajstić information content (AvgIpc) is 3.20. The lowest BCUT2D eigenvalue weighted by Crippen LogP contribution is -2.36. The SMILES string of the molecule is O=C(COC(=O)/C(=C/c1cccs1)c1cccs1)NCC(F)(F)F. The first-order valence-corrected chi connectivity index (χ1v) is 8.41. The van der Waals surface area contributed by atoms with E-state index >= 15 is 0 Å². The van der Waals surface area contributed by atoms with E-state index in [0.29, 0.717) is 4.88 Å². The van der Waals surface area contributed by atoms with Gasteiger partial charge in [-0.05, 0) is 29.0 Å². The predicted octanol–water partition coefficient (Wildman–Crippen LogP) is 3.57. The fourth-order valence-corrected chi connectivity index (χ4v) is 3.02. The second-order valence-electron chi connectivity index (χ2n) is 4.52. The summed E-state index contributed by atoms with van der Waals surface area (Å²) < 4.78 is 40.9. The van der Waals surface area contributed by atoms with Crippen molar-refractivity contribution in [2.45, 2.75) is 6.18 Å². The number of amides is 1. The van der Waals surface area contributed by atoms with E-state index in [1.807, 2.05) is 17.5 Å². The van der Waals surface area contributed by atoms with Gasteiger partial charge in [0, 0.05) is 9.75 Å². The minimum absolute atomic E-state index is 0.246. The molecule has 2 rings (SSSR count). The van der Waals surface area contributed by atoms with Gasteiger partial charge in [0.15, 0.2) is 6.61 Å². The van der Waals surface area contributed by atoms with Crippen LogP contribution in [0.3, 0.4) is 0 Å². The molecule has 24 heavy (non-hydrogen) atoms. The highest BCUT2D eigenvalue weighted by Gasteiger charge is 2.28. The Morgan fingerprint density at radius 1 is 1.17 bits per heavy atom. The van der Waals surface area contributed by atoms with E-state index in [1.54, 1.807) is 28.9 Å². The summed E-state index contributed by atoms with van der Waals surface area (Å²) >= 11 is 2.73. The first-order valence-electron chi connectivity index (χ1n) is 6.65. The lowest BCUT2D eigenvalue weighted by atomic mass is 10.2.